The molecule has 0 radical (unpaired) electrons. The second-order valence-corrected chi connectivity index (χ2v) is 8.97. The van der Waals surface area contributed by atoms with Crippen LogP contribution >= 0.6 is 0 Å². The van der Waals surface area contributed by atoms with E-state index in [0.717, 1.165) is 29.9 Å². The third-order valence-corrected chi connectivity index (χ3v) is 5.92. The molecular formula is C29H43NO3. The second kappa shape index (κ2) is 17.2. The first-order chi connectivity index (χ1) is 16.2. The summed E-state index contributed by atoms with van der Waals surface area (Å²) in [5.74, 6) is 0.744. The maximum Gasteiger partial charge on any atom is 0.228 e. The number of aliphatic hydroxyl groups excluding tert-OH is 1. The molecule has 2 N–H and O–H groups in total. The molecule has 0 aliphatic heterocycles. The van der Waals surface area contributed by atoms with Crippen LogP contribution in [0, 0.1) is 0 Å². The number of hydrogen-bond acceptors (Lipinski definition) is 3. The van der Waals surface area contributed by atoms with Gasteiger partial charge in [-0.1, -0.05) is 102 Å². The maximum atomic E-state index is 12.4. The Morgan fingerprint density at radius 2 is 1.39 bits per heavy atom. The largest absolute Gasteiger partial charge is 0.494 e. The van der Waals surface area contributed by atoms with Gasteiger partial charge in [0.15, 0.2) is 0 Å². The van der Waals surface area contributed by atoms with Crippen molar-refractivity contribution in [1.29, 1.82) is 0 Å². The van der Waals surface area contributed by atoms with Gasteiger partial charge in [-0.25, -0.2) is 0 Å². The average Bonchev–Trinajstić information content (AvgIpc) is 2.82. The average molecular weight is 454 g/mol. The van der Waals surface area contributed by atoms with Gasteiger partial charge in [-0.05, 0) is 41.8 Å². The maximum absolute atomic E-state index is 12.4. The van der Waals surface area contributed by atoms with E-state index >= 15 is 0 Å². The van der Waals surface area contributed by atoms with Crippen molar-refractivity contribution in [1.82, 2.24) is 0 Å². The number of carbonyl (C=O) groups is 1. The number of nitrogens with one attached hydrogen (secondary N) is 1. The number of amides is 1. The molecule has 0 bridgehead atoms. The number of ether oxygens (including phenoxy) is 1. The van der Waals surface area contributed by atoms with Crippen molar-refractivity contribution < 1.29 is 14.6 Å². The van der Waals surface area contributed by atoms with Crippen LogP contribution in [0.4, 0.5) is 5.69 Å². The van der Waals surface area contributed by atoms with Crippen molar-refractivity contribution in [3.8, 4) is 5.75 Å². The Morgan fingerprint density at radius 3 is 2.06 bits per heavy atom. The minimum absolute atomic E-state index is 0.0394. The van der Waals surface area contributed by atoms with Crippen LogP contribution < -0.4 is 10.1 Å². The Labute approximate surface area is 200 Å². The standard InChI is InChI=1S/C29H43NO3/c1-2-3-4-5-6-7-8-9-10-11-12-13-20-33-28-19-15-16-25(22-28)23-29(32)30-27-18-14-17-26(21-27)24-31/h14-19,21-22,31H,2-13,20,23-24H2,1H3,(H,30,32). The fourth-order valence-corrected chi connectivity index (χ4v) is 4.02. The van der Waals surface area contributed by atoms with Crippen LogP contribution in [-0.2, 0) is 17.8 Å². The number of aliphatic hydroxyl groups is 1. The first-order valence-electron chi connectivity index (χ1n) is 12.9. The Bertz CT molecular complexity index is 790. The fourth-order valence-electron chi connectivity index (χ4n) is 4.02. The second-order valence-electron chi connectivity index (χ2n) is 8.97. The summed E-state index contributed by atoms with van der Waals surface area (Å²) in [7, 11) is 0. The molecule has 2 aromatic rings. The summed E-state index contributed by atoms with van der Waals surface area (Å²) >= 11 is 0. The molecule has 0 fully saturated rings. The van der Waals surface area contributed by atoms with Crippen LogP contribution in [0.15, 0.2) is 48.5 Å². The number of unbranched alkanes of at least 4 members (excludes halogenated alkanes) is 11. The highest BCUT2D eigenvalue weighted by Crippen LogP contribution is 2.17. The van der Waals surface area contributed by atoms with Gasteiger partial charge < -0.3 is 15.2 Å². The lowest BCUT2D eigenvalue weighted by molar-refractivity contribution is -0.115. The molecular weight excluding hydrogens is 410 g/mol. The Morgan fingerprint density at radius 1 is 0.788 bits per heavy atom. The molecule has 0 saturated carbocycles. The van der Waals surface area contributed by atoms with Crippen LogP contribution in [0.2, 0.25) is 0 Å². The number of rotatable bonds is 18. The molecule has 0 aromatic heterocycles. The highest BCUT2D eigenvalue weighted by atomic mass is 16.5. The molecule has 0 aliphatic rings. The van der Waals surface area contributed by atoms with Gasteiger partial charge in [0.2, 0.25) is 5.91 Å². The third kappa shape index (κ3) is 12.5. The topological polar surface area (TPSA) is 58.6 Å². The summed E-state index contributed by atoms with van der Waals surface area (Å²) < 4.78 is 5.91. The van der Waals surface area contributed by atoms with Gasteiger partial charge in [-0.3, -0.25) is 4.79 Å². The molecule has 0 unspecified atom stereocenters. The Balaban J connectivity index is 1.55. The van der Waals surface area contributed by atoms with E-state index in [2.05, 4.69) is 12.2 Å². The summed E-state index contributed by atoms with van der Waals surface area (Å²) in [6, 6.07) is 15.0. The van der Waals surface area contributed by atoms with E-state index in [4.69, 9.17) is 4.74 Å². The quantitative estimate of drug-likeness (QED) is 0.231. The number of benzene rings is 2. The Kier molecular flexibility index (Phi) is 14.0. The van der Waals surface area contributed by atoms with Crippen LogP contribution in [0.25, 0.3) is 0 Å². The van der Waals surface area contributed by atoms with Gasteiger partial charge in [0.1, 0.15) is 5.75 Å². The van der Waals surface area contributed by atoms with Gasteiger partial charge in [-0.15, -0.1) is 0 Å². The van der Waals surface area contributed by atoms with Gasteiger partial charge in [0, 0.05) is 5.69 Å². The summed E-state index contributed by atoms with van der Waals surface area (Å²) in [5, 5.41) is 12.1. The SMILES string of the molecule is CCCCCCCCCCCCCCOc1cccc(CC(=O)Nc2cccc(CO)c2)c1. The van der Waals surface area contributed by atoms with E-state index in [1.165, 1.54) is 70.6 Å². The van der Waals surface area contributed by atoms with Crippen LogP contribution in [0.5, 0.6) is 5.75 Å². The molecule has 2 aromatic carbocycles. The summed E-state index contributed by atoms with van der Waals surface area (Å²) in [5.41, 5.74) is 2.41. The predicted molar refractivity (Wildman–Crippen MR) is 138 cm³/mol. The van der Waals surface area contributed by atoms with Crippen LogP contribution in [0.1, 0.15) is 95.1 Å². The van der Waals surface area contributed by atoms with Crippen molar-refractivity contribution >= 4 is 11.6 Å². The van der Waals surface area contributed by atoms with E-state index in [1.807, 2.05) is 42.5 Å². The van der Waals surface area contributed by atoms with Crippen molar-refractivity contribution in [2.75, 3.05) is 11.9 Å². The molecule has 1 amide bonds. The Hall–Kier alpha value is -2.33. The molecule has 4 nitrogen and oxygen atoms in total. The molecule has 33 heavy (non-hydrogen) atoms. The normalized spacial score (nSPS) is 10.8. The molecule has 2 rings (SSSR count). The zero-order valence-corrected chi connectivity index (χ0v) is 20.5. The van der Waals surface area contributed by atoms with Crippen molar-refractivity contribution in [2.45, 2.75) is 97.0 Å². The highest BCUT2D eigenvalue weighted by Gasteiger charge is 2.06. The van der Waals surface area contributed by atoms with Crippen molar-refractivity contribution in [3.63, 3.8) is 0 Å². The number of anilines is 1. The van der Waals surface area contributed by atoms with Crippen molar-refractivity contribution in [2.24, 2.45) is 0 Å². The molecule has 0 heterocycles. The van der Waals surface area contributed by atoms with Crippen LogP contribution in [0.3, 0.4) is 0 Å². The molecule has 0 aliphatic carbocycles. The minimum atomic E-state index is -0.0804. The minimum Gasteiger partial charge on any atom is -0.494 e. The summed E-state index contributed by atoms with van der Waals surface area (Å²) in [6.07, 6.45) is 16.3. The summed E-state index contributed by atoms with van der Waals surface area (Å²) in [6.45, 7) is 2.95. The first-order valence-corrected chi connectivity index (χ1v) is 12.9. The zero-order chi connectivity index (χ0) is 23.6. The van der Waals surface area contributed by atoms with Gasteiger partial charge in [-0.2, -0.15) is 0 Å². The number of hydrogen-bond donors (Lipinski definition) is 2. The monoisotopic (exact) mass is 453 g/mol. The van der Waals surface area contributed by atoms with E-state index in [9.17, 15) is 9.90 Å². The molecule has 0 atom stereocenters. The van der Waals surface area contributed by atoms with E-state index in [0.29, 0.717) is 12.1 Å². The third-order valence-electron chi connectivity index (χ3n) is 5.92. The molecule has 4 heteroatoms. The lowest BCUT2D eigenvalue weighted by Crippen LogP contribution is -2.14. The van der Waals surface area contributed by atoms with E-state index < -0.39 is 0 Å². The smallest absolute Gasteiger partial charge is 0.228 e. The van der Waals surface area contributed by atoms with E-state index in [1.54, 1.807) is 6.07 Å². The van der Waals surface area contributed by atoms with Gasteiger partial charge in [0.05, 0.1) is 19.6 Å². The predicted octanol–water partition coefficient (Wildman–Crippen LogP) is 7.44. The summed E-state index contributed by atoms with van der Waals surface area (Å²) in [4.78, 5) is 12.4. The number of carbonyl (C=O) groups excluding carboxylic acids is 1. The van der Waals surface area contributed by atoms with Crippen LogP contribution in [-0.4, -0.2) is 17.6 Å². The molecule has 0 spiro atoms. The lowest BCUT2D eigenvalue weighted by Gasteiger charge is -2.09. The highest BCUT2D eigenvalue weighted by molar-refractivity contribution is 5.92. The van der Waals surface area contributed by atoms with Gasteiger partial charge in [0.25, 0.3) is 0 Å². The zero-order valence-electron chi connectivity index (χ0n) is 20.5. The first kappa shape index (κ1) is 26.9. The molecule has 182 valence electrons. The molecule has 0 saturated heterocycles. The lowest BCUT2D eigenvalue weighted by atomic mass is 10.1. The van der Waals surface area contributed by atoms with E-state index in [-0.39, 0.29) is 12.5 Å². The van der Waals surface area contributed by atoms with Crippen molar-refractivity contribution in [3.05, 3.63) is 59.7 Å². The van der Waals surface area contributed by atoms with Gasteiger partial charge >= 0.3 is 0 Å². The fraction of sp³-hybridized carbons (Fsp3) is 0.552.